The number of ether oxygens (including phenoxy) is 1. The molecule has 1 aromatic carbocycles. The molecule has 2 rings (SSSR count). The number of aromatic nitrogens is 1. The van der Waals surface area contributed by atoms with Crippen LogP contribution in [0.1, 0.15) is 50.7 Å². The van der Waals surface area contributed by atoms with Gasteiger partial charge in [0.25, 0.3) is 5.56 Å². The number of pyridine rings is 1. The van der Waals surface area contributed by atoms with Crippen molar-refractivity contribution in [3.63, 3.8) is 0 Å². The summed E-state index contributed by atoms with van der Waals surface area (Å²) in [5, 5.41) is 1.00. The van der Waals surface area contributed by atoms with Crippen LogP contribution < -0.4 is 10.3 Å². The Morgan fingerprint density at radius 2 is 2.00 bits per heavy atom. The van der Waals surface area contributed by atoms with Crippen molar-refractivity contribution in [1.82, 2.24) is 4.98 Å². The molecule has 1 N–H and O–H groups in total. The Bertz CT molecular complexity index is 731. The summed E-state index contributed by atoms with van der Waals surface area (Å²) in [6.45, 7) is 5.52. The van der Waals surface area contributed by atoms with Crippen molar-refractivity contribution >= 4 is 16.9 Å². The molecule has 1 heterocycles. The predicted molar refractivity (Wildman–Crippen MR) is 88.5 cm³/mol. The Morgan fingerprint density at radius 3 is 2.68 bits per heavy atom. The van der Waals surface area contributed by atoms with Gasteiger partial charge in [0, 0.05) is 23.9 Å². The summed E-state index contributed by atoms with van der Waals surface area (Å²) in [4.78, 5) is 26.2. The highest BCUT2D eigenvalue weighted by Gasteiger charge is 2.10. The first kappa shape index (κ1) is 16.3. The van der Waals surface area contributed by atoms with Crippen molar-refractivity contribution in [1.29, 1.82) is 0 Å². The van der Waals surface area contributed by atoms with Crippen LogP contribution in [0.5, 0.6) is 5.75 Å². The molecule has 0 bridgehead atoms. The Morgan fingerprint density at radius 1 is 1.23 bits per heavy atom. The molecule has 0 aliphatic heterocycles. The van der Waals surface area contributed by atoms with Gasteiger partial charge in [0.2, 0.25) is 0 Å². The van der Waals surface area contributed by atoms with Gasteiger partial charge in [-0.05, 0) is 37.5 Å². The van der Waals surface area contributed by atoms with Crippen LogP contribution >= 0.6 is 0 Å². The molecule has 0 aliphatic carbocycles. The summed E-state index contributed by atoms with van der Waals surface area (Å²) in [7, 11) is 0. The summed E-state index contributed by atoms with van der Waals surface area (Å²) in [6, 6.07) is 5.36. The second-order valence-electron chi connectivity index (χ2n) is 5.67. The van der Waals surface area contributed by atoms with Crippen molar-refractivity contribution in [2.45, 2.75) is 52.9 Å². The fourth-order valence-corrected chi connectivity index (χ4v) is 2.74. The zero-order valence-corrected chi connectivity index (χ0v) is 13.5. The first-order valence-electron chi connectivity index (χ1n) is 7.87. The zero-order chi connectivity index (χ0) is 16.1. The van der Waals surface area contributed by atoms with E-state index < -0.39 is 0 Å². The third-order valence-corrected chi connectivity index (χ3v) is 3.91. The van der Waals surface area contributed by atoms with Gasteiger partial charge >= 0.3 is 5.97 Å². The molecule has 4 nitrogen and oxygen atoms in total. The molecular formula is C18H23NO3. The van der Waals surface area contributed by atoms with Gasteiger partial charge < -0.3 is 9.72 Å². The summed E-state index contributed by atoms with van der Waals surface area (Å²) >= 11 is 0. The van der Waals surface area contributed by atoms with E-state index in [1.165, 1.54) is 19.8 Å². The van der Waals surface area contributed by atoms with E-state index >= 15 is 0 Å². The number of esters is 1. The zero-order valence-electron chi connectivity index (χ0n) is 13.5. The van der Waals surface area contributed by atoms with E-state index in [0.29, 0.717) is 11.3 Å². The normalized spacial score (nSPS) is 10.9. The van der Waals surface area contributed by atoms with E-state index in [2.05, 4.69) is 11.9 Å². The van der Waals surface area contributed by atoms with Crippen molar-refractivity contribution < 1.29 is 9.53 Å². The number of carbonyl (C=O) groups excluding carboxylic acids is 1. The quantitative estimate of drug-likeness (QED) is 0.500. The number of rotatable bonds is 6. The van der Waals surface area contributed by atoms with Gasteiger partial charge in [-0.25, -0.2) is 0 Å². The van der Waals surface area contributed by atoms with Gasteiger partial charge in [-0.15, -0.1) is 0 Å². The number of aryl methyl sites for hydroxylation is 1. The number of aromatic amines is 1. The van der Waals surface area contributed by atoms with E-state index in [1.807, 2.05) is 13.0 Å². The number of unbranched alkanes of at least 4 members (excludes halogenated alkanes) is 3. The molecule has 0 atom stereocenters. The smallest absolute Gasteiger partial charge is 0.308 e. The highest BCUT2D eigenvalue weighted by molar-refractivity contribution is 5.84. The molecule has 0 amide bonds. The van der Waals surface area contributed by atoms with Gasteiger partial charge in [0.1, 0.15) is 5.75 Å². The number of hydrogen-bond acceptors (Lipinski definition) is 3. The van der Waals surface area contributed by atoms with Crippen LogP contribution in [0, 0.1) is 6.92 Å². The highest BCUT2D eigenvalue weighted by Crippen LogP contribution is 2.23. The van der Waals surface area contributed by atoms with Gasteiger partial charge in [-0.2, -0.15) is 0 Å². The van der Waals surface area contributed by atoms with Crippen LogP contribution in [0.15, 0.2) is 23.0 Å². The first-order valence-corrected chi connectivity index (χ1v) is 7.87. The third-order valence-electron chi connectivity index (χ3n) is 3.91. The van der Waals surface area contributed by atoms with E-state index in [1.54, 1.807) is 12.1 Å². The number of nitrogens with one attached hydrogen (secondary N) is 1. The lowest BCUT2D eigenvalue weighted by atomic mass is 9.99. The monoisotopic (exact) mass is 301 g/mol. The third kappa shape index (κ3) is 3.75. The molecule has 0 aliphatic rings. The molecule has 1 aromatic heterocycles. The molecule has 4 heteroatoms. The van der Waals surface area contributed by atoms with E-state index in [4.69, 9.17) is 4.74 Å². The van der Waals surface area contributed by atoms with Crippen LogP contribution in [0.2, 0.25) is 0 Å². The van der Waals surface area contributed by atoms with Crippen molar-refractivity contribution in [3.05, 3.63) is 39.7 Å². The minimum absolute atomic E-state index is 0.0403. The Hall–Kier alpha value is -2.10. The maximum absolute atomic E-state index is 12.3. The molecule has 0 unspecified atom stereocenters. The van der Waals surface area contributed by atoms with Crippen molar-refractivity contribution in [3.8, 4) is 5.75 Å². The molecule has 0 saturated carbocycles. The number of benzene rings is 1. The second kappa shape index (κ2) is 7.25. The number of carbonyl (C=O) groups is 1. The van der Waals surface area contributed by atoms with Crippen LogP contribution in [0.25, 0.3) is 10.9 Å². The van der Waals surface area contributed by atoms with Gasteiger partial charge in [-0.1, -0.05) is 26.2 Å². The lowest BCUT2D eigenvalue weighted by Crippen LogP contribution is -2.15. The largest absolute Gasteiger partial charge is 0.427 e. The maximum Gasteiger partial charge on any atom is 0.308 e. The minimum atomic E-state index is -0.369. The number of hydrogen-bond donors (Lipinski definition) is 1. The Labute approximate surface area is 130 Å². The Balaban J connectivity index is 2.33. The summed E-state index contributed by atoms with van der Waals surface area (Å²) in [6.07, 6.45) is 5.39. The lowest BCUT2D eigenvalue weighted by Gasteiger charge is -2.10. The molecule has 22 heavy (non-hydrogen) atoms. The predicted octanol–water partition coefficient (Wildman–Crippen LogP) is 3.88. The van der Waals surface area contributed by atoms with Gasteiger partial charge in [-0.3, -0.25) is 9.59 Å². The molecule has 0 saturated heterocycles. The summed E-state index contributed by atoms with van der Waals surface area (Å²) in [5.41, 5.74) is 2.55. The molecule has 2 aromatic rings. The van der Waals surface area contributed by atoms with Gasteiger partial charge in [0.15, 0.2) is 0 Å². The first-order chi connectivity index (χ1) is 10.5. The fraction of sp³-hybridized carbons (Fsp3) is 0.444. The number of fused-ring (bicyclic) bond motifs is 1. The van der Waals surface area contributed by atoms with Crippen LogP contribution in [-0.2, 0) is 11.2 Å². The topological polar surface area (TPSA) is 59.2 Å². The summed E-state index contributed by atoms with van der Waals surface area (Å²) in [5.74, 6) is 0.0803. The Kier molecular flexibility index (Phi) is 5.36. The lowest BCUT2D eigenvalue weighted by molar-refractivity contribution is -0.131. The second-order valence-corrected chi connectivity index (χ2v) is 5.67. The average molecular weight is 301 g/mol. The minimum Gasteiger partial charge on any atom is -0.427 e. The molecular weight excluding hydrogens is 278 g/mol. The van der Waals surface area contributed by atoms with Crippen molar-refractivity contribution in [2.75, 3.05) is 0 Å². The van der Waals surface area contributed by atoms with Crippen LogP contribution in [-0.4, -0.2) is 11.0 Å². The maximum atomic E-state index is 12.3. The average Bonchev–Trinajstić information content (AvgIpc) is 2.45. The van der Waals surface area contributed by atoms with E-state index in [9.17, 15) is 9.59 Å². The number of H-pyrrole nitrogens is 1. The fourth-order valence-electron chi connectivity index (χ4n) is 2.74. The van der Waals surface area contributed by atoms with Crippen LogP contribution in [0.4, 0.5) is 0 Å². The highest BCUT2D eigenvalue weighted by atomic mass is 16.5. The SMILES string of the molecule is CCCCCCc1c(C)c2ccc(OC(C)=O)cc2[nH]c1=O. The van der Waals surface area contributed by atoms with Crippen LogP contribution in [0.3, 0.4) is 0 Å². The molecule has 0 radical (unpaired) electrons. The van der Waals surface area contributed by atoms with Gasteiger partial charge in [0.05, 0.1) is 5.52 Å². The molecule has 0 fully saturated rings. The molecule has 0 spiro atoms. The molecule has 118 valence electrons. The standard InChI is InChI=1S/C18H23NO3/c1-4-5-6-7-8-16-12(2)15-10-9-14(22-13(3)20)11-17(15)19-18(16)21/h9-11H,4-8H2,1-3H3,(H,19,21). The van der Waals surface area contributed by atoms with Crippen molar-refractivity contribution in [2.24, 2.45) is 0 Å². The van der Waals surface area contributed by atoms with E-state index in [0.717, 1.165) is 35.8 Å². The summed E-state index contributed by atoms with van der Waals surface area (Å²) < 4.78 is 5.06. The van der Waals surface area contributed by atoms with E-state index in [-0.39, 0.29) is 11.5 Å².